The summed E-state index contributed by atoms with van der Waals surface area (Å²) in [6, 6.07) is 15.0. The van der Waals surface area contributed by atoms with Crippen LogP contribution in [0.2, 0.25) is 0 Å². The van der Waals surface area contributed by atoms with E-state index in [9.17, 15) is 4.79 Å². The molecule has 7 heteroatoms. The molecule has 26 heavy (non-hydrogen) atoms. The van der Waals surface area contributed by atoms with E-state index in [2.05, 4.69) is 28.6 Å². The summed E-state index contributed by atoms with van der Waals surface area (Å²) in [6.07, 6.45) is 0.961. The molecule has 4 N–H and O–H groups in total. The van der Waals surface area contributed by atoms with Crippen molar-refractivity contribution >= 4 is 41.5 Å². The van der Waals surface area contributed by atoms with Crippen LogP contribution in [-0.2, 0) is 6.42 Å². The number of hydrogen-bond acceptors (Lipinski definition) is 3. The highest BCUT2D eigenvalue weighted by Gasteiger charge is 2.05. The Morgan fingerprint density at radius 1 is 1.19 bits per heavy atom. The highest BCUT2D eigenvalue weighted by atomic mass is 127. The Morgan fingerprint density at radius 3 is 2.69 bits per heavy atom. The Kier molecular flexibility index (Phi) is 9.50. The first-order valence-corrected chi connectivity index (χ1v) is 8.20. The maximum atomic E-state index is 12.1. The minimum Gasteiger partial charge on any atom is -0.497 e. The van der Waals surface area contributed by atoms with E-state index in [1.165, 1.54) is 5.56 Å². The minimum atomic E-state index is -0.170. The summed E-state index contributed by atoms with van der Waals surface area (Å²) in [5.41, 5.74) is 8.55. The van der Waals surface area contributed by atoms with Crippen LogP contribution in [-0.4, -0.2) is 32.1 Å². The molecule has 0 heterocycles. The van der Waals surface area contributed by atoms with Crippen LogP contribution in [0.25, 0.3) is 0 Å². The first-order chi connectivity index (χ1) is 12.1. The van der Waals surface area contributed by atoms with Gasteiger partial charge in [0.2, 0.25) is 0 Å². The number of anilines is 1. The zero-order chi connectivity index (χ0) is 18.1. The number of halogens is 1. The SMILES string of the molecule is CCc1cccc(NC(N)=NCCNC(=O)c2cccc(OC)c2)c1.I. The number of amides is 1. The number of nitrogens with zero attached hydrogens (tertiary/aromatic N) is 1. The van der Waals surface area contributed by atoms with Gasteiger partial charge in [-0.3, -0.25) is 9.79 Å². The van der Waals surface area contributed by atoms with E-state index < -0.39 is 0 Å². The lowest BCUT2D eigenvalue weighted by molar-refractivity contribution is 0.0954. The van der Waals surface area contributed by atoms with Crippen molar-refractivity contribution in [3.63, 3.8) is 0 Å². The number of methoxy groups -OCH3 is 1. The first-order valence-electron chi connectivity index (χ1n) is 8.20. The van der Waals surface area contributed by atoms with Crippen LogP contribution in [0.3, 0.4) is 0 Å². The van der Waals surface area contributed by atoms with E-state index in [0.29, 0.717) is 30.4 Å². The molecule has 0 saturated carbocycles. The maximum absolute atomic E-state index is 12.1. The number of aliphatic imine (C=N–C) groups is 1. The lowest BCUT2D eigenvalue weighted by Gasteiger charge is -2.08. The molecule has 0 saturated heterocycles. The number of guanidine groups is 1. The molecule has 2 aromatic rings. The number of aryl methyl sites for hydroxylation is 1. The fourth-order valence-electron chi connectivity index (χ4n) is 2.27. The van der Waals surface area contributed by atoms with Crippen molar-refractivity contribution in [3.05, 3.63) is 59.7 Å². The van der Waals surface area contributed by atoms with Gasteiger partial charge in [0, 0.05) is 17.8 Å². The summed E-state index contributed by atoms with van der Waals surface area (Å²) < 4.78 is 5.11. The second kappa shape index (κ2) is 11.3. The van der Waals surface area contributed by atoms with E-state index in [0.717, 1.165) is 12.1 Å². The largest absolute Gasteiger partial charge is 0.497 e. The van der Waals surface area contributed by atoms with E-state index in [-0.39, 0.29) is 29.9 Å². The van der Waals surface area contributed by atoms with Gasteiger partial charge in [-0.05, 0) is 42.3 Å². The Labute approximate surface area is 171 Å². The molecule has 0 aliphatic rings. The fraction of sp³-hybridized carbons (Fsp3) is 0.263. The monoisotopic (exact) mass is 468 g/mol. The topological polar surface area (TPSA) is 88.7 Å². The second-order valence-corrected chi connectivity index (χ2v) is 5.43. The summed E-state index contributed by atoms with van der Waals surface area (Å²) in [5.74, 6) is 0.800. The average Bonchev–Trinajstić information content (AvgIpc) is 2.65. The third-order valence-electron chi connectivity index (χ3n) is 3.62. The number of nitrogens with two attached hydrogens (primary N) is 1. The van der Waals surface area contributed by atoms with E-state index >= 15 is 0 Å². The minimum absolute atomic E-state index is 0. The molecular weight excluding hydrogens is 443 g/mol. The van der Waals surface area contributed by atoms with Crippen LogP contribution in [0.1, 0.15) is 22.8 Å². The molecule has 0 aliphatic carbocycles. The lowest BCUT2D eigenvalue weighted by Crippen LogP contribution is -2.28. The summed E-state index contributed by atoms with van der Waals surface area (Å²) in [6.45, 7) is 2.89. The zero-order valence-electron chi connectivity index (χ0n) is 15.0. The summed E-state index contributed by atoms with van der Waals surface area (Å²) >= 11 is 0. The van der Waals surface area contributed by atoms with Crippen molar-refractivity contribution in [3.8, 4) is 5.75 Å². The number of nitrogens with one attached hydrogen (secondary N) is 2. The van der Waals surface area contributed by atoms with Gasteiger partial charge in [0.25, 0.3) is 5.91 Å². The molecule has 0 aliphatic heterocycles. The highest BCUT2D eigenvalue weighted by molar-refractivity contribution is 14.0. The van der Waals surface area contributed by atoms with Gasteiger partial charge in [-0.15, -0.1) is 24.0 Å². The van der Waals surface area contributed by atoms with Gasteiger partial charge >= 0.3 is 0 Å². The molecule has 2 aromatic carbocycles. The van der Waals surface area contributed by atoms with Gasteiger partial charge < -0.3 is 21.1 Å². The third kappa shape index (κ3) is 6.91. The third-order valence-corrected chi connectivity index (χ3v) is 3.62. The fourth-order valence-corrected chi connectivity index (χ4v) is 2.27. The number of benzene rings is 2. The molecule has 0 fully saturated rings. The molecule has 0 radical (unpaired) electrons. The van der Waals surface area contributed by atoms with Gasteiger partial charge in [0.05, 0.1) is 13.7 Å². The van der Waals surface area contributed by atoms with E-state index in [1.54, 1.807) is 31.4 Å². The summed E-state index contributed by atoms with van der Waals surface area (Å²) in [5, 5.41) is 5.85. The number of rotatable bonds is 7. The van der Waals surface area contributed by atoms with E-state index in [1.807, 2.05) is 18.2 Å². The van der Waals surface area contributed by atoms with Gasteiger partial charge in [-0.25, -0.2) is 0 Å². The van der Waals surface area contributed by atoms with Gasteiger partial charge in [-0.1, -0.05) is 25.1 Å². The Bertz CT molecular complexity index is 750. The number of hydrogen-bond donors (Lipinski definition) is 3. The predicted molar refractivity (Wildman–Crippen MR) is 117 cm³/mol. The van der Waals surface area contributed by atoms with Crippen LogP contribution >= 0.6 is 24.0 Å². The molecule has 0 unspecified atom stereocenters. The van der Waals surface area contributed by atoms with Crippen molar-refractivity contribution < 1.29 is 9.53 Å². The van der Waals surface area contributed by atoms with Crippen LogP contribution < -0.4 is 21.1 Å². The molecule has 0 spiro atoms. The molecule has 0 aromatic heterocycles. The van der Waals surface area contributed by atoms with Gasteiger partial charge in [0.15, 0.2) is 5.96 Å². The lowest BCUT2D eigenvalue weighted by atomic mass is 10.1. The smallest absolute Gasteiger partial charge is 0.251 e. The van der Waals surface area contributed by atoms with Crippen molar-refractivity contribution in [2.24, 2.45) is 10.7 Å². The molecule has 0 atom stereocenters. The van der Waals surface area contributed by atoms with Crippen LogP contribution in [0.4, 0.5) is 5.69 Å². The van der Waals surface area contributed by atoms with Crippen LogP contribution in [0.5, 0.6) is 5.75 Å². The Hall–Kier alpha value is -2.29. The van der Waals surface area contributed by atoms with Gasteiger partial charge in [-0.2, -0.15) is 0 Å². The van der Waals surface area contributed by atoms with Crippen molar-refractivity contribution in [1.82, 2.24) is 5.32 Å². The zero-order valence-corrected chi connectivity index (χ0v) is 17.3. The molecule has 140 valence electrons. The average molecular weight is 468 g/mol. The van der Waals surface area contributed by atoms with Crippen LogP contribution in [0, 0.1) is 0 Å². The summed E-state index contributed by atoms with van der Waals surface area (Å²) in [7, 11) is 1.57. The number of carbonyl (C=O) groups is 1. The molecule has 6 nitrogen and oxygen atoms in total. The second-order valence-electron chi connectivity index (χ2n) is 5.43. The maximum Gasteiger partial charge on any atom is 0.251 e. The van der Waals surface area contributed by atoms with Crippen molar-refractivity contribution in [2.45, 2.75) is 13.3 Å². The van der Waals surface area contributed by atoms with Crippen molar-refractivity contribution in [2.75, 3.05) is 25.5 Å². The normalized spacial score (nSPS) is 10.6. The number of carbonyl (C=O) groups excluding carboxylic acids is 1. The van der Waals surface area contributed by atoms with E-state index in [4.69, 9.17) is 10.5 Å². The van der Waals surface area contributed by atoms with Gasteiger partial charge in [0.1, 0.15) is 5.75 Å². The first kappa shape index (κ1) is 21.8. The number of ether oxygens (including phenoxy) is 1. The highest BCUT2D eigenvalue weighted by Crippen LogP contribution is 2.12. The molecule has 0 bridgehead atoms. The molecular formula is C19H25IN4O2. The van der Waals surface area contributed by atoms with Crippen molar-refractivity contribution in [1.29, 1.82) is 0 Å². The van der Waals surface area contributed by atoms with Crippen LogP contribution in [0.15, 0.2) is 53.5 Å². The summed E-state index contributed by atoms with van der Waals surface area (Å²) in [4.78, 5) is 16.3. The molecule has 1 amide bonds. The molecule has 2 rings (SSSR count). The standard InChI is InChI=1S/C19H24N4O2.HI/c1-3-14-6-4-8-16(12-14)23-19(20)22-11-10-21-18(24)15-7-5-9-17(13-15)25-2;/h4-9,12-13H,3,10-11H2,1-2H3,(H,21,24)(H3,20,22,23);1H. The Morgan fingerprint density at radius 2 is 1.96 bits per heavy atom. The quantitative estimate of drug-likeness (QED) is 0.252. The Balaban J connectivity index is 0.00000338. The predicted octanol–water partition coefficient (Wildman–Crippen LogP) is 3.03.